The molecule has 4 nitrogen and oxygen atoms in total. The van der Waals surface area contributed by atoms with Crippen LogP contribution in [0.2, 0.25) is 10.0 Å². The second-order valence-corrected chi connectivity index (χ2v) is 7.29. The zero-order valence-corrected chi connectivity index (χ0v) is 12.4. The summed E-state index contributed by atoms with van der Waals surface area (Å²) < 4.78 is 26.2. The van der Waals surface area contributed by atoms with E-state index >= 15 is 0 Å². The third kappa shape index (κ3) is 3.28. The Morgan fingerprint density at radius 1 is 1.11 bits per heavy atom. The maximum absolute atomic E-state index is 12.4. The summed E-state index contributed by atoms with van der Waals surface area (Å²) in [5.41, 5.74) is 0. The van der Waals surface area contributed by atoms with Gasteiger partial charge in [0.1, 0.15) is 6.29 Å². The number of aldehydes is 1. The van der Waals surface area contributed by atoms with Crippen LogP contribution in [0.5, 0.6) is 0 Å². The number of sulfonamides is 1. The molecule has 0 amide bonds. The van der Waals surface area contributed by atoms with Crippen molar-refractivity contribution in [1.29, 1.82) is 0 Å². The molecule has 1 saturated heterocycles. The SMILES string of the molecule is O=CC1CCN(S(=O)(=O)c2cc(Cl)cc(Cl)c2)CC1. The molecule has 0 radical (unpaired) electrons. The average Bonchev–Trinajstić information content (AvgIpc) is 2.37. The molecule has 1 aliphatic rings. The standard InChI is InChI=1S/C12H13Cl2NO3S/c13-10-5-11(14)7-12(6-10)19(17,18)15-3-1-9(8-16)2-4-15/h5-9H,1-4H2. The largest absolute Gasteiger partial charge is 0.303 e. The predicted octanol–water partition coefficient (Wildman–Crippen LogP) is 2.59. The van der Waals surface area contributed by atoms with Crippen LogP contribution in [0, 0.1) is 5.92 Å². The van der Waals surface area contributed by atoms with E-state index in [1.807, 2.05) is 0 Å². The topological polar surface area (TPSA) is 54.5 Å². The smallest absolute Gasteiger partial charge is 0.243 e. The highest BCUT2D eigenvalue weighted by Crippen LogP contribution is 2.27. The molecule has 0 spiro atoms. The normalized spacial score (nSPS) is 18.4. The average molecular weight is 322 g/mol. The summed E-state index contributed by atoms with van der Waals surface area (Å²) in [5, 5.41) is 0.572. The summed E-state index contributed by atoms with van der Waals surface area (Å²) in [6.45, 7) is 0.686. The van der Waals surface area contributed by atoms with E-state index in [9.17, 15) is 13.2 Å². The molecule has 7 heteroatoms. The summed E-state index contributed by atoms with van der Waals surface area (Å²) in [6.07, 6.45) is 1.99. The lowest BCUT2D eigenvalue weighted by Crippen LogP contribution is -2.38. The van der Waals surface area contributed by atoms with Crippen LogP contribution < -0.4 is 0 Å². The van der Waals surface area contributed by atoms with Crippen molar-refractivity contribution in [3.63, 3.8) is 0 Å². The summed E-state index contributed by atoms with van der Waals surface area (Å²) in [6, 6.07) is 4.25. The Morgan fingerprint density at radius 2 is 1.63 bits per heavy atom. The van der Waals surface area contributed by atoms with E-state index in [4.69, 9.17) is 23.2 Å². The van der Waals surface area contributed by atoms with Crippen LogP contribution in [-0.4, -0.2) is 32.1 Å². The van der Waals surface area contributed by atoms with Crippen LogP contribution in [0.4, 0.5) is 0 Å². The first kappa shape index (κ1) is 14.8. The lowest BCUT2D eigenvalue weighted by Gasteiger charge is -2.28. The second kappa shape index (κ2) is 5.79. The van der Waals surface area contributed by atoms with E-state index in [1.54, 1.807) is 0 Å². The molecule has 0 unspecified atom stereocenters. The van der Waals surface area contributed by atoms with Crippen LogP contribution in [0.15, 0.2) is 23.1 Å². The van der Waals surface area contributed by atoms with Crippen molar-refractivity contribution in [2.45, 2.75) is 17.7 Å². The Labute approximate surface area is 122 Å². The number of nitrogens with zero attached hydrogens (tertiary/aromatic N) is 1. The summed E-state index contributed by atoms with van der Waals surface area (Å²) in [4.78, 5) is 10.8. The molecule has 19 heavy (non-hydrogen) atoms. The minimum absolute atomic E-state index is 0.0469. The van der Waals surface area contributed by atoms with Crippen molar-refractivity contribution in [1.82, 2.24) is 4.31 Å². The van der Waals surface area contributed by atoms with Gasteiger partial charge in [-0.05, 0) is 31.0 Å². The van der Waals surface area contributed by atoms with Gasteiger partial charge in [0, 0.05) is 29.1 Å². The van der Waals surface area contributed by atoms with Crippen molar-refractivity contribution in [3.8, 4) is 0 Å². The quantitative estimate of drug-likeness (QED) is 0.804. The van der Waals surface area contributed by atoms with Gasteiger partial charge in [-0.1, -0.05) is 23.2 Å². The minimum Gasteiger partial charge on any atom is -0.303 e. The molecule has 0 aliphatic carbocycles. The number of rotatable bonds is 3. The molecule has 1 heterocycles. The Morgan fingerprint density at radius 3 is 2.11 bits per heavy atom. The molecule has 0 aromatic heterocycles. The van der Waals surface area contributed by atoms with Crippen LogP contribution in [0.1, 0.15) is 12.8 Å². The molecule has 2 rings (SSSR count). The molecule has 1 aliphatic heterocycles. The van der Waals surface area contributed by atoms with Gasteiger partial charge in [0.25, 0.3) is 0 Å². The lowest BCUT2D eigenvalue weighted by atomic mass is 10.0. The molecule has 0 saturated carbocycles. The van der Waals surface area contributed by atoms with Crippen LogP contribution in [-0.2, 0) is 14.8 Å². The summed E-state index contributed by atoms with van der Waals surface area (Å²) in [5.74, 6) is -0.0469. The fourth-order valence-electron chi connectivity index (χ4n) is 2.08. The van der Waals surface area contributed by atoms with Crippen molar-refractivity contribution < 1.29 is 13.2 Å². The van der Waals surface area contributed by atoms with Gasteiger partial charge in [0.05, 0.1) is 4.90 Å². The fraction of sp³-hybridized carbons (Fsp3) is 0.417. The van der Waals surface area contributed by atoms with Gasteiger partial charge < -0.3 is 4.79 Å². The predicted molar refractivity (Wildman–Crippen MR) is 74.0 cm³/mol. The highest BCUT2D eigenvalue weighted by atomic mass is 35.5. The summed E-state index contributed by atoms with van der Waals surface area (Å²) >= 11 is 11.7. The Kier molecular flexibility index (Phi) is 4.50. The number of halogens is 2. The first-order chi connectivity index (χ1) is 8.93. The molecular formula is C12H13Cl2NO3S. The molecule has 1 aromatic rings. The number of hydrogen-bond donors (Lipinski definition) is 0. The molecular weight excluding hydrogens is 309 g/mol. The molecule has 0 bridgehead atoms. The fourth-order valence-corrected chi connectivity index (χ4v) is 4.28. The highest BCUT2D eigenvalue weighted by Gasteiger charge is 2.29. The summed E-state index contributed by atoms with van der Waals surface area (Å²) in [7, 11) is -3.59. The number of carbonyl (C=O) groups is 1. The van der Waals surface area contributed by atoms with Crippen molar-refractivity contribution in [3.05, 3.63) is 28.2 Å². The van der Waals surface area contributed by atoms with Gasteiger partial charge in [0.2, 0.25) is 10.0 Å². The third-order valence-corrected chi connectivity index (χ3v) is 5.48. The first-order valence-electron chi connectivity index (χ1n) is 5.85. The molecule has 0 atom stereocenters. The lowest BCUT2D eigenvalue weighted by molar-refractivity contribution is -0.112. The number of carbonyl (C=O) groups excluding carboxylic acids is 1. The van der Waals surface area contributed by atoms with Gasteiger partial charge in [-0.2, -0.15) is 4.31 Å². The van der Waals surface area contributed by atoms with Crippen LogP contribution >= 0.6 is 23.2 Å². The second-order valence-electron chi connectivity index (χ2n) is 4.48. The van der Waals surface area contributed by atoms with E-state index in [2.05, 4.69) is 0 Å². The van der Waals surface area contributed by atoms with Gasteiger partial charge in [-0.15, -0.1) is 0 Å². The van der Waals surface area contributed by atoms with E-state index in [-0.39, 0.29) is 20.9 Å². The van der Waals surface area contributed by atoms with E-state index in [0.717, 1.165) is 6.29 Å². The minimum atomic E-state index is -3.59. The highest BCUT2D eigenvalue weighted by molar-refractivity contribution is 7.89. The van der Waals surface area contributed by atoms with Crippen LogP contribution in [0.25, 0.3) is 0 Å². The van der Waals surface area contributed by atoms with E-state index < -0.39 is 10.0 Å². The molecule has 104 valence electrons. The van der Waals surface area contributed by atoms with Crippen molar-refractivity contribution in [2.75, 3.05) is 13.1 Å². The number of benzene rings is 1. The Bertz CT molecular complexity index is 560. The van der Waals surface area contributed by atoms with Crippen molar-refractivity contribution >= 4 is 39.5 Å². The third-order valence-electron chi connectivity index (χ3n) is 3.16. The number of hydrogen-bond acceptors (Lipinski definition) is 3. The van der Waals surface area contributed by atoms with Crippen molar-refractivity contribution in [2.24, 2.45) is 5.92 Å². The first-order valence-corrected chi connectivity index (χ1v) is 8.04. The van der Waals surface area contributed by atoms with Crippen LogP contribution in [0.3, 0.4) is 0 Å². The molecule has 1 aromatic carbocycles. The zero-order valence-electron chi connectivity index (χ0n) is 10.1. The Hall–Kier alpha value is -0.620. The number of piperidine rings is 1. The van der Waals surface area contributed by atoms with Gasteiger partial charge >= 0.3 is 0 Å². The maximum atomic E-state index is 12.4. The van der Waals surface area contributed by atoms with Gasteiger partial charge in [-0.3, -0.25) is 0 Å². The Balaban J connectivity index is 2.25. The molecule has 1 fully saturated rings. The van der Waals surface area contributed by atoms with Gasteiger partial charge in [0.15, 0.2) is 0 Å². The van der Waals surface area contributed by atoms with E-state index in [1.165, 1.54) is 22.5 Å². The maximum Gasteiger partial charge on any atom is 0.243 e. The van der Waals surface area contributed by atoms with Gasteiger partial charge in [-0.25, -0.2) is 8.42 Å². The zero-order chi connectivity index (χ0) is 14.0. The molecule has 0 N–H and O–H groups in total. The monoisotopic (exact) mass is 321 g/mol. The van der Waals surface area contributed by atoms with E-state index in [0.29, 0.717) is 25.9 Å².